The second-order valence-electron chi connectivity index (χ2n) is 6.39. The van der Waals surface area contributed by atoms with Crippen molar-refractivity contribution in [2.45, 2.75) is 59.5 Å². The highest BCUT2D eigenvalue weighted by atomic mass is 16.4. The Morgan fingerprint density at radius 1 is 1.10 bits per heavy atom. The normalized spacial score (nSPS) is 12.7. The first kappa shape index (κ1) is 19.2. The van der Waals surface area contributed by atoms with Gasteiger partial charge in [0.25, 0.3) is 0 Å². The first-order chi connectivity index (χ1) is 9.52. The third-order valence-corrected chi connectivity index (χ3v) is 2.82. The second kappa shape index (κ2) is 8.49. The van der Waals surface area contributed by atoms with E-state index >= 15 is 0 Å². The molecule has 7 nitrogen and oxygen atoms in total. The van der Waals surface area contributed by atoms with Crippen molar-refractivity contribution < 1.29 is 19.5 Å². The maximum Gasteiger partial charge on any atom is 0.315 e. The van der Waals surface area contributed by atoms with Crippen LogP contribution in [0.2, 0.25) is 0 Å². The highest BCUT2D eigenvalue weighted by molar-refractivity contribution is 5.78. The third kappa shape index (κ3) is 9.70. The summed E-state index contributed by atoms with van der Waals surface area (Å²) < 4.78 is 0. The lowest BCUT2D eigenvalue weighted by atomic mass is 9.85. The third-order valence-electron chi connectivity index (χ3n) is 2.82. The van der Waals surface area contributed by atoms with Crippen molar-refractivity contribution in [2.24, 2.45) is 5.41 Å². The Morgan fingerprint density at radius 2 is 1.67 bits per heavy atom. The van der Waals surface area contributed by atoms with Crippen LogP contribution in [0.15, 0.2) is 0 Å². The molecular formula is C14H27N3O4. The van der Waals surface area contributed by atoms with Gasteiger partial charge in [-0.1, -0.05) is 20.8 Å². The minimum atomic E-state index is -0.966. The number of rotatable bonds is 7. The van der Waals surface area contributed by atoms with Gasteiger partial charge in [-0.3, -0.25) is 9.59 Å². The van der Waals surface area contributed by atoms with E-state index in [1.54, 1.807) is 0 Å². The topological polar surface area (TPSA) is 108 Å². The average Bonchev–Trinajstić information content (AvgIpc) is 2.24. The molecule has 0 saturated carbocycles. The molecule has 0 heterocycles. The summed E-state index contributed by atoms with van der Waals surface area (Å²) in [6.45, 7) is 9.50. The van der Waals surface area contributed by atoms with Crippen LogP contribution in [-0.2, 0) is 9.59 Å². The van der Waals surface area contributed by atoms with Gasteiger partial charge in [-0.25, -0.2) is 4.79 Å². The van der Waals surface area contributed by atoms with Crippen molar-refractivity contribution in [1.82, 2.24) is 16.0 Å². The summed E-state index contributed by atoms with van der Waals surface area (Å²) >= 11 is 0. The van der Waals surface area contributed by atoms with Crippen molar-refractivity contribution in [3.63, 3.8) is 0 Å². The number of aliphatic carboxylic acids is 1. The first-order valence-electron chi connectivity index (χ1n) is 7.08. The molecule has 1 unspecified atom stereocenters. The van der Waals surface area contributed by atoms with Gasteiger partial charge in [-0.05, 0) is 19.3 Å². The Labute approximate surface area is 125 Å². The Hall–Kier alpha value is -1.79. The van der Waals surface area contributed by atoms with E-state index in [-0.39, 0.29) is 36.8 Å². The molecule has 0 aromatic rings. The van der Waals surface area contributed by atoms with Crippen molar-refractivity contribution in [3.8, 4) is 0 Å². The van der Waals surface area contributed by atoms with Gasteiger partial charge in [-0.2, -0.15) is 0 Å². The van der Waals surface area contributed by atoms with Gasteiger partial charge >= 0.3 is 12.0 Å². The molecule has 0 spiro atoms. The fraction of sp³-hybridized carbons (Fsp3) is 0.786. The molecule has 0 aliphatic rings. The Balaban J connectivity index is 4.21. The monoisotopic (exact) mass is 301 g/mol. The zero-order valence-corrected chi connectivity index (χ0v) is 13.4. The molecule has 0 aliphatic heterocycles. The Morgan fingerprint density at radius 3 is 2.10 bits per heavy atom. The van der Waals surface area contributed by atoms with Crippen LogP contribution in [-0.4, -0.2) is 41.6 Å². The zero-order valence-electron chi connectivity index (χ0n) is 13.4. The summed E-state index contributed by atoms with van der Waals surface area (Å²) in [5.74, 6) is -1.10. The Bertz CT molecular complexity index is 375. The van der Waals surface area contributed by atoms with E-state index in [0.29, 0.717) is 0 Å². The molecule has 0 fully saturated rings. The molecule has 21 heavy (non-hydrogen) atoms. The fourth-order valence-electron chi connectivity index (χ4n) is 1.64. The van der Waals surface area contributed by atoms with E-state index in [0.717, 1.165) is 0 Å². The number of nitrogens with one attached hydrogen (secondary N) is 3. The minimum absolute atomic E-state index is 0.0622. The highest BCUT2D eigenvalue weighted by Gasteiger charge is 2.28. The summed E-state index contributed by atoms with van der Waals surface area (Å²) in [6.07, 6.45) is 0.0372. The molecule has 4 N–H and O–H groups in total. The van der Waals surface area contributed by atoms with Gasteiger partial charge in [0, 0.05) is 25.0 Å². The lowest BCUT2D eigenvalue weighted by Crippen LogP contribution is -2.49. The molecule has 0 aliphatic carbocycles. The van der Waals surface area contributed by atoms with E-state index in [1.807, 2.05) is 34.6 Å². The maximum atomic E-state index is 11.7. The summed E-state index contributed by atoms with van der Waals surface area (Å²) in [6, 6.07) is -0.889. The quantitative estimate of drug-likeness (QED) is 0.564. The number of carboxylic acids is 1. The van der Waals surface area contributed by atoms with Crippen LogP contribution >= 0.6 is 0 Å². The SMILES string of the molecule is CC(C)NC(=O)CCNC(=O)NC(CC(=O)O)C(C)(C)C. The molecule has 0 radical (unpaired) electrons. The molecule has 1 atom stereocenters. The predicted octanol–water partition coefficient (Wildman–Crippen LogP) is 1.09. The van der Waals surface area contributed by atoms with Crippen molar-refractivity contribution in [3.05, 3.63) is 0 Å². The van der Waals surface area contributed by atoms with Crippen molar-refractivity contribution in [2.75, 3.05) is 6.54 Å². The smallest absolute Gasteiger partial charge is 0.315 e. The molecule has 0 rings (SSSR count). The lowest BCUT2D eigenvalue weighted by molar-refractivity contribution is -0.138. The number of amides is 3. The van der Waals surface area contributed by atoms with Gasteiger partial charge in [0.1, 0.15) is 0 Å². The molecule has 7 heteroatoms. The van der Waals surface area contributed by atoms with Crippen LogP contribution in [0.3, 0.4) is 0 Å². The van der Waals surface area contributed by atoms with Gasteiger partial charge in [0.05, 0.1) is 6.42 Å². The van der Waals surface area contributed by atoms with Crippen LogP contribution in [0, 0.1) is 5.41 Å². The van der Waals surface area contributed by atoms with E-state index in [1.165, 1.54) is 0 Å². The molecule has 0 aromatic carbocycles. The number of carboxylic acid groups (broad SMARTS) is 1. The van der Waals surface area contributed by atoms with Gasteiger partial charge in [-0.15, -0.1) is 0 Å². The molecular weight excluding hydrogens is 274 g/mol. The van der Waals surface area contributed by atoms with Crippen LogP contribution in [0.4, 0.5) is 4.79 Å². The standard InChI is InChI=1S/C14H27N3O4/c1-9(2)16-11(18)6-7-15-13(21)17-10(8-12(19)20)14(3,4)5/h9-10H,6-8H2,1-5H3,(H,16,18)(H,19,20)(H2,15,17,21). The number of hydrogen-bond donors (Lipinski definition) is 4. The van der Waals surface area contributed by atoms with Gasteiger partial charge in [0.2, 0.25) is 5.91 Å². The van der Waals surface area contributed by atoms with Crippen molar-refractivity contribution in [1.29, 1.82) is 0 Å². The number of carbonyl (C=O) groups is 3. The molecule has 122 valence electrons. The predicted molar refractivity (Wildman–Crippen MR) is 79.9 cm³/mol. The van der Waals surface area contributed by atoms with Gasteiger partial charge in [0.15, 0.2) is 0 Å². The summed E-state index contributed by atoms with van der Waals surface area (Å²) in [7, 11) is 0. The average molecular weight is 301 g/mol. The van der Waals surface area contributed by atoms with Crippen LogP contribution in [0.5, 0.6) is 0 Å². The van der Waals surface area contributed by atoms with Gasteiger partial charge < -0.3 is 21.1 Å². The number of hydrogen-bond acceptors (Lipinski definition) is 3. The van der Waals surface area contributed by atoms with Crippen LogP contribution in [0.25, 0.3) is 0 Å². The zero-order chi connectivity index (χ0) is 16.6. The molecule has 0 aromatic heterocycles. The summed E-state index contributed by atoms with van der Waals surface area (Å²) in [4.78, 5) is 34.0. The van der Waals surface area contributed by atoms with E-state index in [9.17, 15) is 14.4 Å². The number of urea groups is 1. The van der Waals surface area contributed by atoms with E-state index in [2.05, 4.69) is 16.0 Å². The molecule has 0 bridgehead atoms. The minimum Gasteiger partial charge on any atom is -0.481 e. The van der Waals surface area contributed by atoms with E-state index < -0.39 is 18.0 Å². The lowest BCUT2D eigenvalue weighted by Gasteiger charge is -2.30. The highest BCUT2D eigenvalue weighted by Crippen LogP contribution is 2.21. The second-order valence-corrected chi connectivity index (χ2v) is 6.39. The van der Waals surface area contributed by atoms with Crippen molar-refractivity contribution >= 4 is 17.9 Å². The Kier molecular flexibility index (Phi) is 7.76. The van der Waals surface area contributed by atoms with E-state index in [4.69, 9.17) is 5.11 Å². The first-order valence-corrected chi connectivity index (χ1v) is 7.08. The van der Waals surface area contributed by atoms with Crippen LogP contribution in [0.1, 0.15) is 47.5 Å². The number of carbonyl (C=O) groups excluding carboxylic acids is 2. The largest absolute Gasteiger partial charge is 0.481 e. The summed E-state index contributed by atoms with van der Waals surface area (Å²) in [5.41, 5.74) is -0.370. The summed E-state index contributed by atoms with van der Waals surface area (Å²) in [5, 5.41) is 16.8. The van der Waals surface area contributed by atoms with Crippen LogP contribution < -0.4 is 16.0 Å². The molecule has 0 saturated heterocycles. The molecule has 3 amide bonds. The fourth-order valence-corrected chi connectivity index (χ4v) is 1.64. The maximum absolute atomic E-state index is 11.7.